The van der Waals surface area contributed by atoms with Gasteiger partial charge in [0.05, 0.1) is 11.6 Å². The van der Waals surface area contributed by atoms with Gasteiger partial charge in [0.15, 0.2) is 0 Å². The maximum Gasteiger partial charge on any atom is 0.311 e. The molecule has 1 atom stereocenters. The Balaban J connectivity index is 1.68. The lowest BCUT2D eigenvalue weighted by atomic mass is 9.93. The maximum absolute atomic E-state index is 12.3. The predicted octanol–water partition coefficient (Wildman–Crippen LogP) is 4.18. The normalized spacial score (nSPS) is 11.8. The Bertz CT molecular complexity index is 859. The third-order valence-corrected chi connectivity index (χ3v) is 4.82. The van der Waals surface area contributed by atoms with Gasteiger partial charge in [-0.3, -0.25) is 9.59 Å². The highest BCUT2D eigenvalue weighted by molar-refractivity contribution is 7.13. The lowest BCUT2D eigenvalue weighted by Crippen LogP contribution is -2.17. The molecule has 0 amide bonds. The summed E-state index contributed by atoms with van der Waals surface area (Å²) in [6.07, 6.45) is 0.123. The summed E-state index contributed by atoms with van der Waals surface area (Å²) in [6.45, 7) is 0. The lowest BCUT2D eigenvalue weighted by Gasteiger charge is -2.11. The summed E-state index contributed by atoms with van der Waals surface area (Å²) in [7, 11) is 0. The first-order valence-corrected chi connectivity index (χ1v) is 8.80. The number of carboxylic acids is 1. The quantitative estimate of drug-likeness (QED) is 0.693. The standard InChI is InChI=1S/C20H17NO3S/c22-17(12-18(20(23)24)14-7-3-1-4-8-14)11-16-13-25-19(21-16)15-9-5-2-6-10-15/h1-10,13,18H,11-12H2,(H,23,24)/t18-/m1/s1. The van der Waals surface area contributed by atoms with Crippen LogP contribution in [0.5, 0.6) is 0 Å². The van der Waals surface area contributed by atoms with Crippen molar-refractivity contribution in [1.29, 1.82) is 0 Å². The number of hydrogen-bond donors (Lipinski definition) is 1. The van der Waals surface area contributed by atoms with Crippen LogP contribution in [0.3, 0.4) is 0 Å². The van der Waals surface area contributed by atoms with Crippen molar-refractivity contribution in [3.05, 3.63) is 77.3 Å². The Morgan fingerprint density at radius 2 is 1.64 bits per heavy atom. The largest absolute Gasteiger partial charge is 0.481 e. The molecule has 0 radical (unpaired) electrons. The number of hydrogen-bond acceptors (Lipinski definition) is 4. The lowest BCUT2D eigenvalue weighted by molar-refractivity contribution is -0.140. The number of Topliss-reactive ketones (excluding diaryl/α,β-unsaturated/α-hetero) is 1. The number of carbonyl (C=O) groups is 2. The van der Waals surface area contributed by atoms with Crippen LogP contribution in [0.2, 0.25) is 0 Å². The smallest absolute Gasteiger partial charge is 0.311 e. The molecular weight excluding hydrogens is 334 g/mol. The monoisotopic (exact) mass is 351 g/mol. The van der Waals surface area contributed by atoms with Gasteiger partial charge in [0.1, 0.15) is 10.8 Å². The first-order chi connectivity index (χ1) is 12.1. The molecule has 0 saturated heterocycles. The number of thiazole rings is 1. The van der Waals surface area contributed by atoms with Gasteiger partial charge in [-0.2, -0.15) is 0 Å². The number of ketones is 1. The van der Waals surface area contributed by atoms with Crippen LogP contribution in [0.1, 0.15) is 23.6 Å². The Morgan fingerprint density at radius 3 is 2.28 bits per heavy atom. The van der Waals surface area contributed by atoms with E-state index >= 15 is 0 Å². The molecule has 126 valence electrons. The van der Waals surface area contributed by atoms with E-state index in [4.69, 9.17) is 0 Å². The second-order valence-corrected chi connectivity index (χ2v) is 6.59. The molecule has 4 nitrogen and oxygen atoms in total. The molecule has 1 aromatic heterocycles. The summed E-state index contributed by atoms with van der Waals surface area (Å²) in [6, 6.07) is 18.6. The van der Waals surface area contributed by atoms with Crippen LogP contribution >= 0.6 is 11.3 Å². The third kappa shape index (κ3) is 4.39. The molecule has 0 aliphatic carbocycles. The van der Waals surface area contributed by atoms with Crippen molar-refractivity contribution in [3.63, 3.8) is 0 Å². The van der Waals surface area contributed by atoms with Crippen LogP contribution in [-0.4, -0.2) is 21.8 Å². The van der Waals surface area contributed by atoms with Crippen molar-refractivity contribution in [2.45, 2.75) is 18.8 Å². The molecule has 0 aliphatic rings. The molecule has 0 bridgehead atoms. The van der Waals surface area contributed by atoms with E-state index in [-0.39, 0.29) is 18.6 Å². The van der Waals surface area contributed by atoms with Crippen LogP contribution in [-0.2, 0) is 16.0 Å². The van der Waals surface area contributed by atoms with Crippen molar-refractivity contribution in [2.75, 3.05) is 0 Å². The number of rotatable bonds is 7. The summed E-state index contributed by atoms with van der Waals surface area (Å²) in [5.74, 6) is -1.93. The molecule has 1 N–H and O–H groups in total. The minimum atomic E-state index is -0.984. The summed E-state index contributed by atoms with van der Waals surface area (Å²) in [5, 5.41) is 12.2. The van der Waals surface area contributed by atoms with E-state index in [9.17, 15) is 14.7 Å². The van der Waals surface area contributed by atoms with E-state index < -0.39 is 11.9 Å². The highest BCUT2D eigenvalue weighted by atomic mass is 32.1. The average Bonchev–Trinajstić information content (AvgIpc) is 3.09. The Morgan fingerprint density at radius 1 is 1.00 bits per heavy atom. The molecule has 5 heteroatoms. The van der Waals surface area contributed by atoms with Crippen LogP contribution in [0.4, 0.5) is 0 Å². The van der Waals surface area contributed by atoms with Gasteiger partial charge >= 0.3 is 5.97 Å². The van der Waals surface area contributed by atoms with Crippen LogP contribution in [0.25, 0.3) is 10.6 Å². The van der Waals surface area contributed by atoms with E-state index in [2.05, 4.69) is 4.98 Å². The molecule has 3 rings (SSSR count). The van der Waals surface area contributed by atoms with Crippen molar-refractivity contribution < 1.29 is 14.7 Å². The van der Waals surface area contributed by atoms with Crippen LogP contribution < -0.4 is 0 Å². The van der Waals surface area contributed by atoms with Crippen LogP contribution in [0, 0.1) is 0 Å². The zero-order valence-electron chi connectivity index (χ0n) is 13.5. The zero-order chi connectivity index (χ0) is 17.6. The molecule has 25 heavy (non-hydrogen) atoms. The van der Waals surface area contributed by atoms with Gasteiger partial charge in [0.25, 0.3) is 0 Å². The highest BCUT2D eigenvalue weighted by Gasteiger charge is 2.23. The highest BCUT2D eigenvalue weighted by Crippen LogP contribution is 2.25. The van der Waals surface area contributed by atoms with E-state index in [1.807, 2.05) is 41.8 Å². The molecule has 0 saturated carbocycles. The van der Waals surface area contributed by atoms with Gasteiger partial charge in [-0.15, -0.1) is 11.3 Å². The minimum absolute atomic E-state index is 0.0302. The van der Waals surface area contributed by atoms with Gasteiger partial charge in [-0.1, -0.05) is 60.7 Å². The second kappa shape index (κ2) is 7.85. The van der Waals surface area contributed by atoms with Gasteiger partial charge in [0, 0.05) is 23.8 Å². The van der Waals surface area contributed by atoms with E-state index in [1.54, 1.807) is 24.3 Å². The molecule has 0 fully saturated rings. The molecule has 0 spiro atoms. The fourth-order valence-corrected chi connectivity index (χ4v) is 3.46. The number of benzene rings is 2. The molecule has 2 aromatic carbocycles. The topological polar surface area (TPSA) is 67.3 Å². The first kappa shape index (κ1) is 17.0. The van der Waals surface area contributed by atoms with Gasteiger partial charge in [-0.25, -0.2) is 4.98 Å². The molecule has 0 aliphatic heterocycles. The summed E-state index contributed by atoms with van der Waals surface area (Å²) < 4.78 is 0. The number of aromatic nitrogens is 1. The number of carbonyl (C=O) groups excluding carboxylic acids is 1. The number of carboxylic acid groups (broad SMARTS) is 1. The number of aliphatic carboxylic acids is 1. The van der Waals surface area contributed by atoms with Crippen molar-refractivity contribution in [2.24, 2.45) is 0 Å². The Kier molecular flexibility index (Phi) is 5.36. The zero-order valence-corrected chi connectivity index (χ0v) is 14.3. The van der Waals surface area contributed by atoms with Crippen molar-refractivity contribution >= 4 is 23.1 Å². The molecular formula is C20H17NO3S. The van der Waals surface area contributed by atoms with Gasteiger partial charge in [-0.05, 0) is 5.56 Å². The van der Waals surface area contributed by atoms with E-state index in [0.717, 1.165) is 10.6 Å². The van der Waals surface area contributed by atoms with E-state index in [0.29, 0.717) is 11.3 Å². The molecule has 3 aromatic rings. The van der Waals surface area contributed by atoms with Crippen molar-refractivity contribution in [1.82, 2.24) is 4.98 Å². The fraction of sp³-hybridized carbons (Fsp3) is 0.150. The van der Waals surface area contributed by atoms with E-state index in [1.165, 1.54) is 11.3 Å². The number of nitrogens with zero attached hydrogens (tertiary/aromatic N) is 1. The van der Waals surface area contributed by atoms with Crippen molar-refractivity contribution in [3.8, 4) is 10.6 Å². The Labute approximate surface area is 149 Å². The summed E-state index contributed by atoms with van der Waals surface area (Å²) in [4.78, 5) is 28.4. The fourth-order valence-electron chi connectivity index (χ4n) is 2.64. The SMILES string of the molecule is O=C(Cc1csc(-c2ccccc2)n1)C[C@@H](C(=O)O)c1ccccc1. The third-order valence-electron chi connectivity index (χ3n) is 3.88. The minimum Gasteiger partial charge on any atom is -0.481 e. The van der Waals surface area contributed by atoms with Gasteiger partial charge < -0.3 is 5.11 Å². The summed E-state index contributed by atoms with van der Waals surface area (Å²) >= 11 is 1.49. The second-order valence-electron chi connectivity index (χ2n) is 5.73. The Hall–Kier alpha value is -2.79. The first-order valence-electron chi connectivity index (χ1n) is 7.93. The van der Waals surface area contributed by atoms with Gasteiger partial charge in [0.2, 0.25) is 0 Å². The maximum atomic E-state index is 12.3. The molecule has 0 unspecified atom stereocenters. The predicted molar refractivity (Wildman–Crippen MR) is 97.7 cm³/mol. The molecule has 1 heterocycles. The summed E-state index contributed by atoms with van der Waals surface area (Å²) in [5.41, 5.74) is 2.34. The van der Waals surface area contributed by atoms with Crippen LogP contribution in [0.15, 0.2) is 66.0 Å². The average molecular weight is 351 g/mol.